The number of hydrogen-bond acceptors (Lipinski definition) is 4. The topological polar surface area (TPSA) is 66.8 Å². The first-order chi connectivity index (χ1) is 11.0. The van der Waals surface area contributed by atoms with Crippen LogP contribution in [-0.4, -0.2) is 31.9 Å². The Hall–Kier alpha value is -2.26. The van der Waals surface area contributed by atoms with Crippen molar-refractivity contribution in [1.82, 2.24) is 4.31 Å². The first-order valence-corrected chi connectivity index (χ1v) is 8.06. The van der Waals surface area contributed by atoms with E-state index in [1.165, 1.54) is 38.4 Å². The van der Waals surface area contributed by atoms with E-state index in [9.17, 15) is 26.7 Å². The van der Waals surface area contributed by atoms with Crippen LogP contribution in [0.4, 0.5) is 13.2 Å². The highest BCUT2D eigenvalue weighted by Gasteiger charge is 2.31. The second-order valence-electron chi connectivity index (χ2n) is 5.04. The molecule has 24 heavy (non-hydrogen) atoms. The van der Waals surface area contributed by atoms with Crippen LogP contribution in [0.1, 0.15) is 5.56 Å². The van der Waals surface area contributed by atoms with Gasteiger partial charge in [-0.15, -0.1) is 0 Å². The molecule has 0 aliphatic rings. The molecular weight excluding hydrogens is 347 g/mol. The number of halogens is 3. The largest absolute Gasteiger partial charge is 0.504 e. The van der Waals surface area contributed by atoms with Gasteiger partial charge in [0.1, 0.15) is 5.75 Å². The second-order valence-corrected chi connectivity index (χ2v) is 7.19. The van der Waals surface area contributed by atoms with Gasteiger partial charge in [0, 0.05) is 14.1 Å². The van der Waals surface area contributed by atoms with Crippen molar-refractivity contribution in [2.24, 2.45) is 0 Å². The summed E-state index contributed by atoms with van der Waals surface area (Å²) in [5, 5.41) is 9.62. The molecule has 130 valence electrons. The summed E-state index contributed by atoms with van der Waals surface area (Å²) in [4.78, 5) is 0.00751. The standard InChI is InChI=1S/C15H14F3NO4S/c1-19(2)24(21,22)12-6-4-11(5-7-12)23-14-9-10(15(16,17)18)3-8-13(14)20/h3-9,20H,1-2H3. The van der Waals surface area contributed by atoms with Gasteiger partial charge in [-0.05, 0) is 42.5 Å². The van der Waals surface area contributed by atoms with Crippen molar-refractivity contribution in [1.29, 1.82) is 0 Å². The van der Waals surface area contributed by atoms with Crippen LogP contribution in [0.5, 0.6) is 17.2 Å². The SMILES string of the molecule is CN(C)S(=O)(=O)c1ccc(Oc2cc(C(F)(F)F)ccc2O)cc1. The highest BCUT2D eigenvalue weighted by molar-refractivity contribution is 7.89. The summed E-state index contributed by atoms with van der Waals surface area (Å²) in [6.07, 6.45) is -4.57. The van der Waals surface area contributed by atoms with Gasteiger partial charge in [-0.2, -0.15) is 13.2 Å². The molecular formula is C15H14F3NO4S. The minimum atomic E-state index is -4.57. The Labute approximate surface area is 137 Å². The fourth-order valence-corrected chi connectivity index (χ4v) is 2.69. The molecule has 0 fully saturated rings. The maximum atomic E-state index is 12.7. The smallest absolute Gasteiger partial charge is 0.416 e. The Morgan fingerprint density at radius 1 is 1.04 bits per heavy atom. The lowest BCUT2D eigenvalue weighted by atomic mass is 10.2. The third kappa shape index (κ3) is 3.80. The Kier molecular flexibility index (Phi) is 4.77. The zero-order valence-corrected chi connectivity index (χ0v) is 13.5. The molecule has 1 N–H and O–H groups in total. The fourth-order valence-electron chi connectivity index (χ4n) is 1.79. The molecule has 0 amide bonds. The lowest BCUT2D eigenvalue weighted by Crippen LogP contribution is -2.22. The molecule has 0 spiro atoms. The Balaban J connectivity index is 2.30. The molecule has 2 aromatic carbocycles. The molecule has 0 saturated carbocycles. The summed E-state index contributed by atoms with van der Waals surface area (Å²) in [5.74, 6) is -0.761. The van der Waals surface area contributed by atoms with Crippen molar-refractivity contribution in [3.05, 3.63) is 48.0 Å². The van der Waals surface area contributed by atoms with Crippen molar-refractivity contribution in [3.63, 3.8) is 0 Å². The van der Waals surface area contributed by atoms with Gasteiger partial charge >= 0.3 is 6.18 Å². The van der Waals surface area contributed by atoms with Gasteiger partial charge in [-0.25, -0.2) is 12.7 Å². The third-order valence-corrected chi connectivity index (χ3v) is 4.95. The molecule has 0 saturated heterocycles. The Bertz CT molecular complexity index is 831. The maximum absolute atomic E-state index is 12.7. The van der Waals surface area contributed by atoms with Gasteiger partial charge < -0.3 is 9.84 Å². The summed E-state index contributed by atoms with van der Waals surface area (Å²) >= 11 is 0. The number of benzene rings is 2. The van der Waals surface area contributed by atoms with E-state index in [-0.39, 0.29) is 16.4 Å². The van der Waals surface area contributed by atoms with Gasteiger partial charge in [-0.3, -0.25) is 0 Å². The van der Waals surface area contributed by atoms with Gasteiger partial charge in [0.05, 0.1) is 10.5 Å². The molecule has 0 atom stereocenters. The predicted octanol–water partition coefficient (Wildman–Crippen LogP) is 3.45. The van der Waals surface area contributed by atoms with Crippen LogP contribution in [0.15, 0.2) is 47.4 Å². The number of sulfonamides is 1. The van der Waals surface area contributed by atoms with Crippen molar-refractivity contribution < 1.29 is 31.4 Å². The van der Waals surface area contributed by atoms with Gasteiger partial charge in [0.15, 0.2) is 11.5 Å². The maximum Gasteiger partial charge on any atom is 0.416 e. The minimum Gasteiger partial charge on any atom is -0.504 e. The number of aromatic hydroxyl groups is 1. The van der Waals surface area contributed by atoms with Crippen LogP contribution >= 0.6 is 0 Å². The summed E-state index contributed by atoms with van der Waals surface area (Å²) < 4.78 is 68.2. The van der Waals surface area contributed by atoms with Crippen molar-refractivity contribution in [3.8, 4) is 17.2 Å². The molecule has 0 unspecified atom stereocenters. The van der Waals surface area contributed by atoms with E-state index in [0.29, 0.717) is 6.07 Å². The van der Waals surface area contributed by atoms with E-state index in [4.69, 9.17) is 4.74 Å². The minimum absolute atomic E-state index is 0.00751. The zero-order valence-electron chi connectivity index (χ0n) is 12.7. The quantitative estimate of drug-likeness (QED) is 0.906. The summed E-state index contributed by atoms with van der Waals surface area (Å²) in [6.45, 7) is 0. The van der Waals surface area contributed by atoms with Crippen molar-refractivity contribution >= 4 is 10.0 Å². The fraction of sp³-hybridized carbons (Fsp3) is 0.200. The Morgan fingerprint density at radius 3 is 2.12 bits per heavy atom. The van der Waals surface area contributed by atoms with Crippen LogP contribution in [0.3, 0.4) is 0 Å². The molecule has 2 aromatic rings. The second kappa shape index (κ2) is 6.33. The van der Waals surface area contributed by atoms with Crippen molar-refractivity contribution in [2.45, 2.75) is 11.1 Å². The molecule has 0 bridgehead atoms. The average Bonchev–Trinajstić information content (AvgIpc) is 2.48. The number of ether oxygens (including phenoxy) is 1. The number of nitrogens with zero attached hydrogens (tertiary/aromatic N) is 1. The molecule has 5 nitrogen and oxygen atoms in total. The monoisotopic (exact) mass is 361 g/mol. The highest BCUT2D eigenvalue weighted by Crippen LogP contribution is 2.37. The van der Waals surface area contributed by atoms with E-state index in [2.05, 4.69) is 0 Å². The van der Waals surface area contributed by atoms with Gasteiger partial charge in [-0.1, -0.05) is 0 Å². The lowest BCUT2D eigenvalue weighted by molar-refractivity contribution is -0.137. The highest BCUT2D eigenvalue weighted by atomic mass is 32.2. The molecule has 0 aliphatic heterocycles. The first kappa shape index (κ1) is 18.1. The van der Waals surface area contributed by atoms with Crippen LogP contribution in [0, 0.1) is 0 Å². The Morgan fingerprint density at radius 2 is 1.62 bits per heavy atom. The van der Waals surface area contributed by atoms with E-state index in [0.717, 1.165) is 16.4 Å². The predicted molar refractivity (Wildman–Crippen MR) is 80.5 cm³/mol. The number of phenolic OH excluding ortho intramolecular Hbond substituents is 1. The van der Waals surface area contributed by atoms with E-state index < -0.39 is 27.5 Å². The average molecular weight is 361 g/mol. The number of alkyl halides is 3. The number of phenols is 1. The molecule has 0 aliphatic carbocycles. The van der Waals surface area contributed by atoms with Crippen LogP contribution in [-0.2, 0) is 16.2 Å². The number of rotatable bonds is 4. The summed E-state index contributed by atoms with van der Waals surface area (Å²) in [7, 11) is -0.870. The zero-order chi connectivity index (χ0) is 18.1. The van der Waals surface area contributed by atoms with E-state index in [1.54, 1.807) is 0 Å². The van der Waals surface area contributed by atoms with Gasteiger partial charge in [0.2, 0.25) is 10.0 Å². The molecule has 2 rings (SSSR count). The summed E-state index contributed by atoms with van der Waals surface area (Å²) in [5.41, 5.74) is -0.970. The lowest BCUT2D eigenvalue weighted by Gasteiger charge is -2.13. The molecule has 9 heteroatoms. The normalized spacial score (nSPS) is 12.4. The van der Waals surface area contributed by atoms with Gasteiger partial charge in [0.25, 0.3) is 0 Å². The first-order valence-electron chi connectivity index (χ1n) is 6.62. The van der Waals surface area contributed by atoms with Crippen LogP contribution in [0.2, 0.25) is 0 Å². The van der Waals surface area contributed by atoms with Crippen LogP contribution < -0.4 is 4.74 Å². The van der Waals surface area contributed by atoms with E-state index in [1.807, 2.05) is 0 Å². The molecule has 0 heterocycles. The third-order valence-electron chi connectivity index (χ3n) is 3.12. The summed E-state index contributed by atoms with van der Waals surface area (Å²) in [6, 6.07) is 7.37. The number of hydrogen-bond donors (Lipinski definition) is 1. The van der Waals surface area contributed by atoms with E-state index >= 15 is 0 Å². The molecule has 0 radical (unpaired) electrons. The van der Waals surface area contributed by atoms with Crippen molar-refractivity contribution in [2.75, 3.05) is 14.1 Å². The van der Waals surface area contributed by atoms with Crippen LogP contribution in [0.25, 0.3) is 0 Å². The molecule has 0 aromatic heterocycles.